The molecule has 2 aromatic heterocycles. The molecule has 1 N–H and O–H groups in total. The maximum atomic E-state index is 12.6. The zero-order valence-electron chi connectivity index (χ0n) is 14.3. The third kappa shape index (κ3) is 4.10. The largest absolute Gasteiger partial charge is 0.337 e. The molecule has 0 aromatic carbocycles. The molecule has 9 heteroatoms. The molecular weight excluding hydrogens is 360 g/mol. The zero-order valence-corrected chi connectivity index (χ0v) is 15.9. The molecule has 3 heterocycles. The fourth-order valence-corrected chi connectivity index (χ4v) is 5.11. The summed E-state index contributed by atoms with van der Waals surface area (Å²) in [7, 11) is -1.65. The molecule has 25 heavy (non-hydrogen) atoms. The van der Waals surface area contributed by atoms with Crippen LogP contribution >= 0.6 is 11.3 Å². The molecule has 0 saturated carbocycles. The minimum atomic E-state index is -3.46. The highest BCUT2D eigenvalue weighted by atomic mass is 32.2. The van der Waals surface area contributed by atoms with Crippen molar-refractivity contribution >= 4 is 27.3 Å². The molecule has 1 atom stereocenters. The predicted molar refractivity (Wildman–Crippen MR) is 96.1 cm³/mol. The van der Waals surface area contributed by atoms with Crippen LogP contribution in [0.2, 0.25) is 0 Å². The summed E-state index contributed by atoms with van der Waals surface area (Å²) >= 11 is 1.20. The Morgan fingerprint density at radius 1 is 1.48 bits per heavy atom. The van der Waals surface area contributed by atoms with E-state index in [9.17, 15) is 13.2 Å². The molecule has 1 aliphatic heterocycles. The maximum Gasteiger partial charge on any atom is 0.274 e. The second-order valence-electron chi connectivity index (χ2n) is 6.34. The molecule has 0 spiro atoms. The number of aromatic nitrogens is 2. The summed E-state index contributed by atoms with van der Waals surface area (Å²) < 4.78 is 29.1. The van der Waals surface area contributed by atoms with E-state index in [1.807, 2.05) is 14.0 Å². The van der Waals surface area contributed by atoms with Crippen LogP contribution in [0.3, 0.4) is 0 Å². The van der Waals surface area contributed by atoms with Crippen LogP contribution in [0.25, 0.3) is 0 Å². The lowest BCUT2D eigenvalue weighted by Crippen LogP contribution is -2.43. The first-order chi connectivity index (χ1) is 11.9. The Morgan fingerprint density at radius 3 is 2.92 bits per heavy atom. The standard InChI is InChI=1S/C16H22N4O3S2/c1-12-9-14(18-19(12)2)16(21)20-7-3-5-13(11-20)10-17-25(22,23)15-6-4-8-24-15/h4,6,8-9,13,17H,3,5,7,10-11H2,1-2H3/t13-/m1/s1. The highest BCUT2D eigenvalue weighted by molar-refractivity contribution is 7.91. The van der Waals surface area contributed by atoms with Gasteiger partial charge < -0.3 is 4.90 Å². The van der Waals surface area contributed by atoms with E-state index < -0.39 is 10.0 Å². The fourth-order valence-electron chi connectivity index (χ4n) is 2.96. The van der Waals surface area contributed by atoms with Crippen LogP contribution in [0.5, 0.6) is 0 Å². The number of carbonyl (C=O) groups excluding carboxylic acids is 1. The highest BCUT2D eigenvalue weighted by Crippen LogP contribution is 2.20. The average Bonchev–Trinajstić information content (AvgIpc) is 3.24. The maximum absolute atomic E-state index is 12.6. The number of thiophene rings is 1. The van der Waals surface area contributed by atoms with Gasteiger partial charge >= 0.3 is 0 Å². The molecule has 136 valence electrons. The topological polar surface area (TPSA) is 84.3 Å². The number of amides is 1. The van der Waals surface area contributed by atoms with Crippen LogP contribution in [0.1, 0.15) is 29.0 Å². The monoisotopic (exact) mass is 382 g/mol. The van der Waals surface area contributed by atoms with Gasteiger partial charge in [0.25, 0.3) is 5.91 Å². The van der Waals surface area contributed by atoms with Crippen molar-refractivity contribution in [2.75, 3.05) is 19.6 Å². The molecule has 1 saturated heterocycles. The van der Waals surface area contributed by atoms with Gasteiger partial charge in [-0.1, -0.05) is 6.07 Å². The second-order valence-corrected chi connectivity index (χ2v) is 9.28. The highest BCUT2D eigenvalue weighted by Gasteiger charge is 2.27. The van der Waals surface area contributed by atoms with Crippen molar-refractivity contribution in [1.82, 2.24) is 19.4 Å². The molecule has 1 fully saturated rings. The summed E-state index contributed by atoms with van der Waals surface area (Å²) in [5.74, 6) is 0.0201. The summed E-state index contributed by atoms with van der Waals surface area (Å²) in [6.45, 7) is 3.47. The number of rotatable bonds is 5. The van der Waals surface area contributed by atoms with Gasteiger partial charge in [-0.2, -0.15) is 5.10 Å². The molecule has 0 radical (unpaired) electrons. The second kappa shape index (κ2) is 7.27. The van der Waals surface area contributed by atoms with Crippen molar-refractivity contribution < 1.29 is 13.2 Å². The zero-order chi connectivity index (χ0) is 18.0. The summed E-state index contributed by atoms with van der Waals surface area (Å²) in [5, 5.41) is 5.99. The first-order valence-electron chi connectivity index (χ1n) is 8.20. The number of aryl methyl sites for hydroxylation is 2. The van der Waals surface area contributed by atoms with Crippen LogP contribution in [0.15, 0.2) is 27.8 Å². The van der Waals surface area contributed by atoms with Gasteiger partial charge in [0, 0.05) is 32.4 Å². The normalized spacial score (nSPS) is 18.5. The molecule has 0 unspecified atom stereocenters. The number of hydrogen-bond donors (Lipinski definition) is 1. The number of sulfonamides is 1. The van der Waals surface area contributed by atoms with Gasteiger partial charge in [0.2, 0.25) is 10.0 Å². The van der Waals surface area contributed by atoms with E-state index in [1.54, 1.807) is 33.2 Å². The van der Waals surface area contributed by atoms with Crippen LogP contribution in [0.4, 0.5) is 0 Å². The van der Waals surface area contributed by atoms with Crippen molar-refractivity contribution in [1.29, 1.82) is 0 Å². The number of carbonyl (C=O) groups is 1. The van der Waals surface area contributed by atoms with Crippen LogP contribution in [0, 0.1) is 12.8 Å². The van der Waals surface area contributed by atoms with E-state index in [1.165, 1.54) is 11.3 Å². The first-order valence-corrected chi connectivity index (χ1v) is 10.6. The first kappa shape index (κ1) is 18.1. The SMILES string of the molecule is Cc1cc(C(=O)N2CCC[C@H](CNS(=O)(=O)c3cccs3)C2)nn1C. The number of hydrogen-bond acceptors (Lipinski definition) is 5. The van der Waals surface area contributed by atoms with Gasteiger partial charge in [-0.15, -0.1) is 11.3 Å². The van der Waals surface area contributed by atoms with Gasteiger partial charge in [-0.3, -0.25) is 9.48 Å². The Kier molecular flexibility index (Phi) is 5.26. The molecule has 1 amide bonds. The van der Waals surface area contributed by atoms with E-state index in [-0.39, 0.29) is 11.8 Å². The Balaban J connectivity index is 1.60. The Bertz CT molecular complexity index is 823. The molecule has 7 nitrogen and oxygen atoms in total. The number of nitrogens with one attached hydrogen (secondary N) is 1. The number of nitrogens with zero attached hydrogens (tertiary/aromatic N) is 3. The molecule has 0 bridgehead atoms. The summed E-state index contributed by atoms with van der Waals surface area (Å²) in [4.78, 5) is 14.4. The quantitative estimate of drug-likeness (QED) is 0.852. The number of likely N-dealkylation sites (tertiary alicyclic amines) is 1. The van der Waals surface area contributed by atoms with Gasteiger partial charge in [-0.25, -0.2) is 13.1 Å². The van der Waals surface area contributed by atoms with Gasteiger partial charge in [0.05, 0.1) is 0 Å². The van der Waals surface area contributed by atoms with Gasteiger partial charge in [0.1, 0.15) is 4.21 Å². The third-order valence-electron chi connectivity index (χ3n) is 4.46. The smallest absolute Gasteiger partial charge is 0.274 e. The summed E-state index contributed by atoms with van der Waals surface area (Å²) in [5.41, 5.74) is 1.38. The van der Waals surface area contributed by atoms with Crippen molar-refractivity contribution in [3.05, 3.63) is 35.0 Å². The van der Waals surface area contributed by atoms with Crippen LogP contribution in [-0.2, 0) is 17.1 Å². The van der Waals surface area contributed by atoms with Gasteiger partial charge in [0.15, 0.2) is 5.69 Å². The van der Waals surface area contributed by atoms with Crippen molar-refractivity contribution in [3.8, 4) is 0 Å². The van der Waals surface area contributed by atoms with Gasteiger partial charge in [-0.05, 0) is 43.2 Å². The number of piperidine rings is 1. The summed E-state index contributed by atoms with van der Waals surface area (Å²) in [6.07, 6.45) is 1.76. The van der Waals surface area contributed by atoms with E-state index in [2.05, 4.69) is 9.82 Å². The lowest BCUT2D eigenvalue weighted by Gasteiger charge is -2.32. The fraction of sp³-hybridized carbons (Fsp3) is 0.500. The molecule has 2 aromatic rings. The lowest BCUT2D eigenvalue weighted by atomic mass is 9.98. The minimum absolute atomic E-state index is 0.0884. The molecular formula is C16H22N4O3S2. The minimum Gasteiger partial charge on any atom is -0.337 e. The average molecular weight is 383 g/mol. The van der Waals surface area contributed by atoms with Crippen LogP contribution in [-0.4, -0.2) is 48.6 Å². The Labute approximate surface area is 151 Å². The summed E-state index contributed by atoms with van der Waals surface area (Å²) in [6, 6.07) is 5.09. The van der Waals surface area contributed by atoms with E-state index in [0.717, 1.165) is 18.5 Å². The van der Waals surface area contributed by atoms with Crippen molar-refractivity contribution in [2.24, 2.45) is 13.0 Å². The van der Waals surface area contributed by atoms with Crippen LogP contribution < -0.4 is 4.72 Å². The molecule has 0 aliphatic carbocycles. The van der Waals surface area contributed by atoms with E-state index >= 15 is 0 Å². The lowest BCUT2D eigenvalue weighted by molar-refractivity contribution is 0.0669. The molecule has 3 rings (SSSR count). The third-order valence-corrected chi connectivity index (χ3v) is 7.28. The van der Waals surface area contributed by atoms with Crippen molar-refractivity contribution in [2.45, 2.75) is 24.0 Å². The van der Waals surface area contributed by atoms with Crippen molar-refractivity contribution in [3.63, 3.8) is 0 Å². The Morgan fingerprint density at radius 2 is 2.28 bits per heavy atom. The van der Waals surface area contributed by atoms with E-state index in [4.69, 9.17) is 0 Å². The molecule has 1 aliphatic rings. The van der Waals surface area contributed by atoms with E-state index in [0.29, 0.717) is 29.5 Å². The predicted octanol–water partition coefficient (Wildman–Crippen LogP) is 1.62. The Hall–Kier alpha value is -1.71.